The molecule has 1 aromatic carbocycles. The summed E-state index contributed by atoms with van der Waals surface area (Å²) in [6.45, 7) is 1.88. The molecule has 0 fully saturated rings. The predicted octanol–water partition coefficient (Wildman–Crippen LogP) is 5.45. The summed E-state index contributed by atoms with van der Waals surface area (Å²) in [5.74, 6) is 0. The molecule has 1 atom stereocenters. The van der Waals surface area contributed by atoms with Crippen molar-refractivity contribution in [2.45, 2.75) is 19.0 Å². The Morgan fingerprint density at radius 1 is 1.29 bits per heavy atom. The minimum absolute atomic E-state index is 0.0388. The molecule has 2 N–H and O–H groups in total. The Morgan fingerprint density at radius 2 is 2.05 bits per heavy atom. The van der Waals surface area contributed by atoms with Crippen LogP contribution in [0.1, 0.15) is 22.9 Å². The van der Waals surface area contributed by atoms with Crippen LogP contribution in [0.25, 0.3) is 0 Å². The van der Waals surface area contributed by atoms with Gasteiger partial charge in [0.25, 0.3) is 0 Å². The molecule has 2 nitrogen and oxygen atoms in total. The van der Waals surface area contributed by atoms with E-state index in [0.29, 0.717) is 0 Å². The van der Waals surface area contributed by atoms with Gasteiger partial charge in [0.2, 0.25) is 0 Å². The summed E-state index contributed by atoms with van der Waals surface area (Å²) >= 11 is 14.9. The van der Waals surface area contributed by atoms with Gasteiger partial charge in [0.1, 0.15) is 0 Å². The second kappa shape index (κ2) is 8.09. The normalized spacial score (nSPS) is 12.9. The van der Waals surface area contributed by atoms with Crippen LogP contribution in [0.3, 0.4) is 0 Å². The van der Waals surface area contributed by atoms with Crippen molar-refractivity contribution < 1.29 is 0 Å². The van der Waals surface area contributed by atoms with Crippen LogP contribution >= 0.6 is 54.8 Å². The first kappa shape index (κ1) is 17.4. The maximum absolute atomic E-state index is 6.26. The van der Waals surface area contributed by atoms with Gasteiger partial charge in [-0.05, 0) is 53.2 Å². The van der Waals surface area contributed by atoms with E-state index in [-0.39, 0.29) is 6.04 Å². The van der Waals surface area contributed by atoms with Crippen molar-refractivity contribution in [1.82, 2.24) is 4.90 Å². The maximum atomic E-state index is 6.26. The zero-order chi connectivity index (χ0) is 15.4. The lowest BCUT2D eigenvalue weighted by Crippen LogP contribution is -2.23. The standard InChI is InChI=1S/C15H17Br2ClN2S/c1-20(8-12-6-11(17)9-21-12)5-4-15(19)13-3-2-10(16)7-14(13)18/h2-3,6-7,9,15H,4-5,8,19H2,1H3. The van der Waals surface area contributed by atoms with Crippen LogP contribution in [0, 0.1) is 0 Å². The molecule has 0 aliphatic rings. The molecule has 0 saturated heterocycles. The van der Waals surface area contributed by atoms with E-state index in [4.69, 9.17) is 17.3 Å². The highest BCUT2D eigenvalue weighted by Gasteiger charge is 2.12. The molecular weight excluding hydrogens is 436 g/mol. The Labute approximate surface area is 151 Å². The van der Waals surface area contributed by atoms with E-state index >= 15 is 0 Å². The average molecular weight is 453 g/mol. The molecule has 0 amide bonds. The minimum atomic E-state index is -0.0388. The second-order valence-corrected chi connectivity index (χ2v) is 8.26. The van der Waals surface area contributed by atoms with Crippen LogP contribution in [0.5, 0.6) is 0 Å². The zero-order valence-electron chi connectivity index (χ0n) is 11.7. The third kappa shape index (κ3) is 5.34. The first-order valence-electron chi connectivity index (χ1n) is 6.57. The summed E-state index contributed by atoms with van der Waals surface area (Å²) in [6.07, 6.45) is 0.879. The van der Waals surface area contributed by atoms with Gasteiger partial charge in [-0.1, -0.05) is 33.6 Å². The molecule has 0 aliphatic heterocycles. The van der Waals surface area contributed by atoms with Crippen LogP contribution in [-0.2, 0) is 6.54 Å². The molecule has 2 aromatic rings. The molecule has 1 aromatic heterocycles. The molecule has 0 saturated carbocycles. The molecule has 0 radical (unpaired) electrons. The lowest BCUT2D eigenvalue weighted by molar-refractivity contribution is 0.314. The predicted molar refractivity (Wildman–Crippen MR) is 99.1 cm³/mol. The molecule has 0 aliphatic carbocycles. The van der Waals surface area contributed by atoms with Gasteiger partial charge in [-0.25, -0.2) is 0 Å². The summed E-state index contributed by atoms with van der Waals surface area (Å²) < 4.78 is 2.12. The van der Waals surface area contributed by atoms with Crippen LogP contribution < -0.4 is 5.73 Å². The van der Waals surface area contributed by atoms with Gasteiger partial charge in [0.15, 0.2) is 0 Å². The van der Waals surface area contributed by atoms with Crippen molar-refractivity contribution in [3.63, 3.8) is 0 Å². The largest absolute Gasteiger partial charge is 0.324 e. The molecule has 0 bridgehead atoms. The number of nitrogens with zero attached hydrogens (tertiary/aromatic N) is 1. The van der Waals surface area contributed by atoms with Gasteiger partial charge < -0.3 is 10.6 Å². The summed E-state index contributed by atoms with van der Waals surface area (Å²) in [5.41, 5.74) is 7.27. The number of hydrogen-bond donors (Lipinski definition) is 1. The van der Waals surface area contributed by atoms with Crippen LogP contribution in [0.4, 0.5) is 0 Å². The Hall–Kier alpha value is 0.0900. The summed E-state index contributed by atoms with van der Waals surface area (Å²) in [6, 6.07) is 7.99. The first-order valence-corrected chi connectivity index (χ1v) is 9.42. The van der Waals surface area contributed by atoms with E-state index in [1.54, 1.807) is 11.3 Å². The fraction of sp³-hybridized carbons (Fsp3) is 0.333. The van der Waals surface area contributed by atoms with Crippen molar-refractivity contribution in [3.8, 4) is 0 Å². The topological polar surface area (TPSA) is 29.3 Å². The highest BCUT2D eigenvalue weighted by Crippen LogP contribution is 2.27. The number of hydrogen-bond acceptors (Lipinski definition) is 3. The fourth-order valence-corrected chi connectivity index (χ4v) is 4.44. The number of nitrogens with two attached hydrogens (primary N) is 1. The summed E-state index contributed by atoms with van der Waals surface area (Å²) in [5, 5.41) is 2.83. The van der Waals surface area contributed by atoms with Crippen molar-refractivity contribution in [2.75, 3.05) is 13.6 Å². The van der Waals surface area contributed by atoms with Crippen molar-refractivity contribution in [3.05, 3.63) is 54.1 Å². The highest BCUT2D eigenvalue weighted by molar-refractivity contribution is 9.10. The third-order valence-electron chi connectivity index (χ3n) is 3.23. The molecular formula is C15H17Br2ClN2S. The lowest BCUT2D eigenvalue weighted by Gasteiger charge is -2.19. The zero-order valence-corrected chi connectivity index (χ0v) is 16.4. The van der Waals surface area contributed by atoms with Gasteiger partial charge in [-0.2, -0.15) is 0 Å². The monoisotopic (exact) mass is 450 g/mol. The van der Waals surface area contributed by atoms with E-state index in [1.807, 2.05) is 18.2 Å². The van der Waals surface area contributed by atoms with Crippen LogP contribution in [0.2, 0.25) is 5.02 Å². The van der Waals surface area contributed by atoms with Crippen LogP contribution in [0.15, 0.2) is 38.6 Å². The van der Waals surface area contributed by atoms with Gasteiger partial charge in [-0.15, -0.1) is 11.3 Å². The van der Waals surface area contributed by atoms with Gasteiger partial charge in [0, 0.05) is 43.4 Å². The fourth-order valence-electron chi connectivity index (χ4n) is 2.10. The van der Waals surface area contributed by atoms with E-state index in [9.17, 15) is 0 Å². The highest BCUT2D eigenvalue weighted by atomic mass is 79.9. The van der Waals surface area contributed by atoms with Crippen molar-refractivity contribution in [1.29, 1.82) is 0 Å². The van der Waals surface area contributed by atoms with E-state index in [1.165, 1.54) is 4.88 Å². The van der Waals surface area contributed by atoms with Crippen molar-refractivity contribution in [2.24, 2.45) is 5.73 Å². The SMILES string of the molecule is CN(CCC(N)c1ccc(Br)cc1Cl)Cc1cc(Br)cs1. The molecule has 2 rings (SSSR count). The van der Waals surface area contributed by atoms with Gasteiger partial charge >= 0.3 is 0 Å². The molecule has 21 heavy (non-hydrogen) atoms. The quantitative estimate of drug-likeness (QED) is 0.632. The number of thiophene rings is 1. The Kier molecular flexibility index (Phi) is 6.72. The Morgan fingerprint density at radius 3 is 2.67 bits per heavy atom. The third-order valence-corrected chi connectivity index (χ3v) is 5.73. The number of benzene rings is 1. The second-order valence-electron chi connectivity index (χ2n) is 5.03. The minimum Gasteiger partial charge on any atom is -0.324 e. The van der Waals surface area contributed by atoms with Crippen LogP contribution in [-0.4, -0.2) is 18.5 Å². The molecule has 1 heterocycles. The van der Waals surface area contributed by atoms with Crippen molar-refractivity contribution >= 4 is 54.8 Å². The smallest absolute Gasteiger partial charge is 0.0464 e. The van der Waals surface area contributed by atoms with Gasteiger partial charge in [0.05, 0.1) is 0 Å². The molecule has 114 valence electrons. The molecule has 0 spiro atoms. The molecule has 1 unspecified atom stereocenters. The average Bonchev–Trinajstić information content (AvgIpc) is 2.81. The van der Waals surface area contributed by atoms with E-state index < -0.39 is 0 Å². The Bertz CT molecular complexity index is 603. The summed E-state index contributed by atoms with van der Waals surface area (Å²) in [7, 11) is 2.11. The first-order chi connectivity index (χ1) is 9.95. The van der Waals surface area contributed by atoms with E-state index in [0.717, 1.165) is 39.0 Å². The number of halogens is 3. The summed E-state index contributed by atoms with van der Waals surface area (Å²) in [4.78, 5) is 3.63. The lowest BCUT2D eigenvalue weighted by atomic mass is 10.0. The molecule has 6 heteroatoms. The van der Waals surface area contributed by atoms with Gasteiger partial charge in [-0.3, -0.25) is 0 Å². The number of rotatable bonds is 6. The Balaban J connectivity index is 1.86. The maximum Gasteiger partial charge on any atom is 0.0464 e. The van der Waals surface area contributed by atoms with E-state index in [2.05, 4.69) is 55.3 Å².